The molecular weight excluding hydrogens is 268 g/mol. The van der Waals surface area contributed by atoms with E-state index < -0.39 is 6.10 Å². The first-order valence-electron chi connectivity index (χ1n) is 7.03. The summed E-state index contributed by atoms with van der Waals surface area (Å²) in [5.41, 5.74) is 1.74. The first-order valence-corrected chi connectivity index (χ1v) is 7.03. The van der Waals surface area contributed by atoms with Gasteiger partial charge in [0, 0.05) is 6.07 Å². The van der Waals surface area contributed by atoms with Crippen LogP contribution in [0.1, 0.15) is 18.2 Å². The summed E-state index contributed by atoms with van der Waals surface area (Å²) in [4.78, 5) is 11.6. The van der Waals surface area contributed by atoms with Crippen LogP contribution in [0.2, 0.25) is 0 Å². The van der Waals surface area contributed by atoms with Crippen LogP contribution < -0.4 is 10.3 Å². The molecule has 0 aliphatic rings. The van der Waals surface area contributed by atoms with Crippen molar-refractivity contribution >= 4 is 0 Å². The van der Waals surface area contributed by atoms with E-state index in [9.17, 15) is 9.90 Å². The zero-order valence-corrected chi connectivity index (χ0v) is 12.3. The largest absolute Gasteiger partial charge is 0.491 e. The Balaban J connectivity index is 1.90. The van der Waals surface area contributed by atoms with Gasteiger partial charge in [0.25, 0.3) is 5.56 Å². The molecule has 1 atom stereocenters. The van der Waals surface area contributed by atoms with Crippen LogP contribution in [0.5, 0.6) is 5.75 Å². The smallest absolute Gasteiger partial charge is 0.266 e. The lowest BCUT2D eigenvalue weighted by Gasteiger charge is -2.13. The maximum Gasteiger partial charge on any atom is 0.266 e. The van der Waals surface area contributed by atoms with E-state index in [1.807, 2.05) is 24.3 Å². The predicted octanol–water partition coefficient (Wildman–Crippen LogP) is 1.55. The number of aliphatic hydroxyl groups is 1. The van der Waals surface area contributed by atoms with Crippen LogP contribution in [0.25, 0.3) is 0 Å². The summed E-state index contributed by atoms with van der Waals surface area (Å²) in [5.74, 6) is 0.704. The standard InChI is InChI=1S/C16H20N2O3/c1-3-13-5-7-15(8-6-13)21-11-14(19)10-18-16(20)9-4-12(2)17-18/h4-9,14,19H,3,10-11H2,1-2H3. The minimum absolute atomic E-state index is 0.119. The molecule has 0 radical (unpaired) electrons. The Kier molecular flexibility index (Phi) is 5.11. The van der Waals surface area contributed by atoms with Crippen LogP contribution in [0.15, 0.2) is 41.2 Å². The molecule has 0 aliphatic carbocycles. The summed E-state index contributed by atoms with van der Waals surface area (Å²) >= 11 is 0. The Hall–Kier alpha value is -2.14. The minimum Gasteiger partial charge on any atom is -0.491 e. The second-order valence-electron chi connectivity index (χ2n) is 4.96. The normalized spacial score (nSPS) is 12.1. The van der Waals surface area contributed by atoms with E-state index in [4.69, 9.17) is 4.74 Å². The lowest BCUT2D eigenvalue weighted by Crippen LogP contribution is -2.31. The average molecular weight is 288 g/mol. The van der Waals surface area contributed by atoms with Gasteiger partial charge in [-0.25, -0.2) is 4.68 Å². The summed E-state index contributed by atoms with van der Waals surface area (Å²) < 4.78 is 6.77. The van der Waals surface area contributed by atoms with Gasteiger partial charge in [-0.15, -0.1) is 0 Å². The molecule has 0 fully saturated rings. The molecule has 112 valence electrons. The summed E-state index contributed by atoms with van der Waals surface area (Å²) in [5, 5.41) is 14.0. The van der Waals surface area contributed by atoms with Crippen molar-refractivity contribution in [2.75, 3.05) is 6.61 Å². The zero-order valence-electron chi connectivity index (χ0n) is 12.3. The number of aryl methyl sites for hydroxylation is 2. The molecule has 1 aromatic carbocycles. The molecule has 5 heteroatoms. The Bertz CT molecular complexity index is 635. The molecule has 21 heavy (non-hydrogen) atoms. The van der Waals surface area contributed by atoms with E-state index in [1.165, 1.54) is 16.3 Å². The third-order valence-corrected chi connectivity index (χ3v) is 3.16. The average Bonchev–Trinajstić information content (AvgIpc) is 2.49. The third-order valence-electron chi connectivity index (χ3n) is 3.16. The molecule has 0 saturated heterocycles. The van der Waals surface area contributed by atoms with E-state index >= 15 is 0 Å². The highest BCUT2D eigenvalue weighted by Gasteiger charge is 2.09. The molecule has 1 unspecified atom stereocenters. The molecule has 2 rings (SSSR count). The molecule has 0 aliphatic heterocycles. The van der Waals surface area contributed by atoms with Crippen molar-refractivity contribution in [3.8, 4) is 5.75 Å². The van der Waals surface area contributed by atoms with Crippen LogP contribution in [-0.4, -0.2) is 27.6 Å². The number of nitrogens with zero attached hydrogens (tertiary/aromatic N) is 2. The SMILES string of the molecule is CCc1ccc(OCC(O)Cn2nc(C)ccc2=O)cc1. The first-order chi connectivity index (χ1) is 10.1. The van der Waals surface area contributed by atoms with Crippen molar-refractivity contribution in [2.24, 2.45) is 0 Å². The highest BCUT2D eigenvalue weighted by molar-refractivity contribution is 5.27. The number of hydrogen-bond donors (Lipinski definition) is 1. The Labute approximate surface area is 123 Å². The van der Waals surface area contributed by atoms with E-state index in [1.54, 1.807) is 13.0 Å². The monoisotopic (exact) mass is 288 g/mol. The minimum atomic E-state index is -0.789. The molecule has 1 N–H and O–H groups in total. The Morgan fingerprint density at radius 1 is 1.24 bits per heavy atom. The molecule has 1 aromatic heterocycles. The van der Waals surface area contributed by atoms with Gasteiger partial charge in [0.1, 0.15) is 18.5 Å². The van der Waals surface area contributed by atoms with E-state index in [-0.39, 0.29) is 18.7 Å². The second kappa shape index (κ2) is 7.04. The van der Waals surface area contributed by atoms with Gasteiger partial charge >= 0.3 is 0 Å². The second-order valence-corrected chi connectivity index (χ2v) is 4.96. The number of aliphatic hydroxyl groups excluding tert-OH is 1. The number of aromatic nitrogens is 2. The van der Waals surface area contributed by atoms with Gasteiger partial charge in [0.15, 0.2) is 0 Å². The van der Waals surface area contributed by atoms with Crippen molar-refractivity contribution in [3.63, 3.8) is 0 Å². The predicted molar refractivity (Wildman–Crippen MR) is 80.6 cm³/mol. The molecule has 1 heterocycles. The van der Waals surface area contributed by atoms with Gasteiger partial charge in [-0.1, -0.05) is 19.1 Å². The van der Waals surface area contributed by atoms with Crippen molar-refractivity contribution < 1.29 is 9.84 Å². The fraction of sp³-hybridized carbons (Fsp3) is 0.375. The first kappa shape index (κ1) is 15.3. The summed E-state index contributed by atoms with van der Waals surface area (Å²) in [6.45, 7) is 4.13. The number of ether oxygens (including phenoxy) is 1. The van der Waals surface area contributed by atoms with Crippen LogP contribution >= 0.6 is 0 Å². The number of hydrogen-bond acceptors (Lipinski definition) is 4. The molecule has 2 aromatic rings. The fourth-order valence-corrected chi connectivity index (χ4v) is 1.95. The highest BCUT2D eigenvalue weighted by atomic mass is 16.5. The Morgan fingerprint density at radius 3 is 2.62 bits per heavy atom. The maximum absolute atomic E-state index is 11.6. The lowest BCUT2D eigenvalue weighted by molar-refractivity contribution is 0.0878. The molecular formula is C16H20N2O3. The van der Waals surface area contributed by atoms with Crippen LogP contribution in [0.4, 0.5) is 0 Å². The fourth-order valence-electron chi connectivity index (χ4n) is 1.95. The number of rotatable bonds is 6. The Morgan fingerprint density at radius 2 is 1.95 bits per heavy atom. The lowest BCUT2D eigenvalue weighted by atomic mass is 10.2. The molecule has 0 amide bonds. The van der Waals surface area contributed by atoms with Crippen molar-refractivity contribution in [1.29, 1.82) is 0 Å². The molecule has 0 saturated carbocycles. The summed E-state index contributed by atoms with van der Waals surface area (Å²) in [6.07, 6.45) is 0.188. The van der Waals surface area contributed by atoms with Crippen molar-refractivity contribution in [3.05, 3.63) is 58.0 Å². The van der Waals surface area contributed by atoms with Crippen molar-refractivity contribution in [1.82, 2.24) is 9.78 Å². The van der Waals surface area contributed by atoms with Crippen LogP contribution in [0.3, 0.4) is 0 Å². The van der Waals surface area contributed by atoms with Gasteiger partial charge < -0.3 is 9.84 Å². The third kappa shape index (κ3) is 4.43. The van der Waals surface area contributed by atoms with Crippen LogP contribution in [-0.2, 0) is 13.0 Å². The van der Waals surface area contributed by atoms with Gasteiger partial charge in [-0.05, 0) is 37.1 Å². The number of benzene rings is 1. The molecule has 0 bridgehead atoms. The maximum atomic E-state index is 11.6. The highest BCUT2D eigenvalue weighted by Crippen LogP contribution is 2.12. The van der Waals surface area contributed by atoms with Gasteiger partial charge in [0.2, 0.25) is 0 Å². The van der Waals surface area contributed by atoms with Gasteiger partial charge in [-0.3, -0.25) is 4.79 Å². The summed E-state index contributed by atoms with van der Waals surface area (Å²) in [6, 6.07) is 10.8. The van der Waals surface area contributed by atoms with Gasteiger partial charge in [0.05, 0.1) is 12.2 Å². The topological polar surface area (TPSA) is 64.3 Å². The van der Waals surface area contributed by atoms with E-state index in [0.29, 0.717) is 5.75 Å². The summed E-state index contributed by atoms with van der Waals surface area (Å²) in [7, 11) is 0. The molecule has 5 nitrogen and oxygen atoms in total. The van der Waals surface area contributed by atoms with Crippen LogP contribution in [0, 0.1) is 6.92 Å². The van der Waals surface area contributed by atoms with E-state index in [2.05, 4.69) is 12.0 Å². The van der Waals surface area contributed by atoms with E-state index in [0.717, 1.165) is 12.1 Å². The zero-order chi connectivity index (χ0) is 15.2. The molecule has 0 spiro atoms. The van der Waals surface area contributed by atoms with Gasteiger partial charge in [-0.2, -0.15) is 5.10 Å². The quantitative estimate of drug-likeness (QED) is 0.876. The van der Waals surface area contributed by atoms with Crippen molar-refractivity contribution in [2.45, 2.75) is 32.9 Å².